The summed E-state index contributed by atoms with van der Waals surface area (Å²) < 4.78 is 14.2. The van der Waals surface area contributed by atoms with Crippen LogP contribution in [-0.4, -0.2) is 30.7 Å². The van der Waals surface area contributed by atoms with Crippen LogP contribution in [0.5, 0.6) is 0 Å². The molecule has 0 heterocycles. The van der Waals surface area contributed by atoms with Gasteiger partial charge in [0, 0.05) is 22.8 Å². The molecule has 2 aromatic carbocycles. The average Bonchev–Trinajstić information content (AvgIpc) is 2.48. The van der Waals surface area contributed by atoms with Gasteiger partial charge in [-0.15, -0.1) is 0 Å². The topological polar surface area (TPSA) is 27.3 Å². The Morgan fingerprint density at radius 1 is 1.20 bits per heavy atom. The number of rotatable bonds is 5. The fraction of sp³-hybridized carbons (Fsp3) is 0.316. The quantitative estimate of drug-likeness (QED) is 0.737. The SMILES string of the molecule is Cc1cc(C)cc(NC(=S)NC[C@H](c2c(F)cccc2Cl)N(C)C)c1. The van der Waals surface area contributed by atoms with Gasteiger partial charge in [-0.1, -0.05) is 23.7 Å². The Labute approximate surface area is 159 Å². The molecular formula is C19H23ClFN3S. The van der Waals surface area contributed by atoms with E-state index in [-0.39, 0.29) is 11.9 Å². The van der Waals surface area contributed by atoms with Crippen LogP contribution >= 0.6 is 23.8 Å². The van der Waals surface area contributed by atoms with Crippen LogP contribution < -0.4 is 10.6 Å². The van der Waals surface area contributed by atoms with E-state index in [1.807, 2.05) is 45.0 Å². The molecule has 0 unspecified atom stereocenters. The summed E-state index contributed by atoms with van der Waals surface area (Å²) in [5.74, 6) is -0.318. The summed E-state index contributed by atoms with van der Waals surface area (Å²) in [5.41, 5.74) is 3.72. The van der Waals surface area contributed by atoms with Gasteiger partial charge in [-0.05, 0) is 75.6 Å². The van der Waals surface area contributed by atoms with Gasteiger partial charge in [0.15, 0.2) is 5.11 Å². The zero-order chi connectivity index (χ0) is 18.6. The summed E-state index contributed by atoms with van der Waals surface area (Å²) in [5, 5.41) is 7.23. The molecule has 3 nitrogen and oxygen atoms in total. The number of likely N-dealkylation sites (N-methyl/N-ethyl adjacent to an activating group) is 1. The summed E-state index contributed by atoms with van der Waals surface area (Å²) in [7, 11) is 3.77. The number of benzene rings is 2. The first kappa shape index (κ1) is 19.6. The Morgan fingerprint density at radius 3 is 2.40 bits per heavy atom. The number of halogens is 2. The number of anilines is 1. The van der Waals surface area contributed by atoms with Gasteiger partial charge in [0.05, 0.1) is 6.04 Å². The van der Waals surface area contributed by atoms with Gasteiger partial charge in [0.25, 0.3) is 0 Å². The van der Waals surface area contributed by atoms with Crippen LogP contribution in [0.3, 0.4) is 0 Å². The molecule has 0 aromatic heterocycles. The normalized spacial score (nSPS) is 12.1. The molecule has 2 N–H and O–H groups in total. The Balaban J connectivity index is 2.07. The third-order valence-corrected chi connectivity index (χ3v) is 4.47. The van der Waals surface area contributed by atoms with Gasteiger partial charge in [-0.3, -0.25) is 0 Å². The third-order valence-electron chi connectivity index (χ3n) is 3.89. The summed E-state index contributed by atoms with van der Waals surface area (Å²) in [6.45, 7) is 4.51. The molecule has 134 valence electrons. The van der Waals surface area contributed by atoms with E-state index in [2.05, 4.69) is 16.7 Å². The highest BCUT2D eigenvalue weighted by molar-refractivity contribution is 7.80. The minimum Gasteiger partial charge on any atom is -0.361 e. The van der Waals surface area contributed by atoms with Crippen molar-refractivity contribution in [1.82, 2.24) is 10.2 Å². The van der Waals surface area contributed by atoms with Crippen molar-refractivity contribution < 1.29 is 4.39 Å². The molecule has 1 atom stereocenters. The van der Waals surface area contributed by atoms with E-state index in [9.17, 15) is 4.39 Å². The van der Waals surface area contributed by atoms with Crippen LogP contribution in [0.2, 0.25) is 5.02 Å². The second kappa shape index (κ2) is 8.61. The van der Waals surface area contributed by atoms with Gasteiger partial charge < -0.3 is 15.5 Å². The molecular weight excluding hydrogens is 357 g/mol. The van der Waals surface area contributed by atoms with E-state index in [0.717, 1.165) is 16.8 Å². The summed E-state index contributed by atoms with van der Waals surface area (Å²) in [4.78, 5) is 1.91. The Bertz CT molecular complexity index is 724. The maximum Gasteiger partial charge on any atom is 0.170 e. The second-order valence-corrected chi connectivity index (χ2v) is 7.14. The van der Waals surface area contributed by atoms with Crippen LogP contribution in [0, 0.1) is 19.7 Å². The first-order valence-electron chi connectivity index (χ1n) is 8.01. The largest absolute Gasteiger partial charge is 0.361 e. The zero-order valence-corrected chi connectivity index (χ0v) is 16.4. The van der Waals surface area contributed by atoms with Crippen molar-refractivity contribution in [3.05, 3.63) is 63.9 Å². The fourth-order valence-corrected chi connectivity index (χ4v) is 3.27. The molecule has 0 bridgehead atoms. The molecule has 2 aromatic rings. The summed E-state index contributed by atoms with van der Waals surface area (Å²) >= 11 is 11.6. The standard InChI is InChI=1S/C19H23ClFN3S/c1-12-8-13(2)10-14(9-12)23-19(25)22-11-17(24(3)4)18-15(20)6-5-7-16(18)21/h5-10,17H,11H2,1-4H3,(H2,22,23,25)/t17-/m1/s1. The molecule has 2 rings (SSSR count). The number of hydrogen-bond acceptors (Lipinski definition) is 2. The lowest BCUT2D eigenvalue weighted by atomic mass is 10.1. The lowest BCUT2D eigenvalue weighted by Crippen LogP contribution is -2.37. The Morgan fingerprint density at radius 2 is 1.84 bits per heavy atom. The smallest absolute Gasteiger partial charge is 0.170 e. The van der Waals surface area contributed by atoms with Gasteiger partial charge in [-0.2, -0.15) is 0 Å². The summed E-state index contributed by atoms with van der Waals surface area (Å²) in [6.07, 6.45) is 0. The number of nitrogens with zero attached hydrogens (tertiary/aromatic N) is 1. The van der Waals surface area contributed by atoms with E-state index in [1.165, 1.54) is 6.07 Å². The molecule has 0 aliphatic heterocycles. The predicted molar refractivity (Wildman–Crippen MR) is 108 cm³/mol. The van der Waals surface area contributed by atoms with Crippen LogP contribution in [-0.2, 0) is 0 Å². The number of hydrogen-bond donors (Lipinski definition) is 2. The average molecular weight is 380 g/mol. The van der Waals surface area contributed by atoms with Gasteiger partial charge in [0.2, 0.25) is 0 Å². The van der Waals surface area contributed by atoms with Crippen LogP contribution in [0.4, 0.5) is 10.1 Å². The molecule has 0 saturated carbocycles. The number of aryl methyl sites for hydroxylation is 2. The summed E-state index contributed by atoms with van der Waals surface area (Å²) in [6, 6.07) is 10.6. The maximum atomic E-state index is 14.2. The van der Waals surface area contributed by atoms with Gasteiger partial charge >= 0.3 is 0 Å². The van der Waals surface area contributed by atoms with E-state index in [0.29, 0.717) is 22.2 Å². The van der Waals surface area contributed by atoms with Crippen molar-refractivity contribution in [3.63, 3.8) is 0 Å². The highest BCUT2D eigenvalue weighted by Gasteiger charge is 2.21. The minimum atomic E-state index is -0.318. The van der Waals surface area contributed by atoms with Gasteiger partial charge in [0.1, 0.15) is 5.82 Å². The molecule has 0 saturated heterocycles. The molecule has 0 aliphatic rings. The van der Waals surface area contributed by atoms with Crippen molar-refractivity contribution in [2.24, 2.45) is 0 Å². The molecule has 6 heteroatoms. The molecule has 0 aliphatic carbocycles. The van der Waals surface area contributed by atoms with Crippen molar-refractivity contribution in [2.75, 3.05) is 26.0 Å². The van der Waals surface area contributed by atoms with Gasteiger partial charge in [-0.25, -0.2) is 4.39 Å². The lowest BCUT2D eigenvalue weighted by molar-refractivity contribution is 0.292. The first-order valence-corrected chi connectivity index (χ1v) is 8.80. The zero-order valence-electron chi connectivity index (χ0n) is 14.9. The van der Waals surface area contributed by atoms with Crippen molar-refractivity contribution >= 4 is 34.6 Å². The lowest BCUT2D eigenvalue weighted by Gasteiger charge is -2.27. The van der Waals surface area contributed by atoms with Crippen molar-refractivity contribution in [1.29, 1.82) is 0 Å². The Kier molecular flexibility index (Phi) is 6.76. The van der Waals surface area contributed by atoms with Crippen LogP contribution in [0.1, 0.15) is 22.7 Å². The highest BCUT2D eigenvalue weighted by atomic mass is 35.5. The Hall–Kier alpha value is -1.69. The van der Waals surface area contributed by atoms with E-state index < -0.39 is 0 Å². The van der Waals surface area contributed by atoms with Crippen molar-refractivity contribution in [3.8, 4) is 0 Å². The van der Waals surface area contributed by atoms with Crippen LogP contribution in [0.15, 0.2) is 36.4 Å². The second-order valence-electron chi connectivity index (χ2n) is 6.33. The molecule has 0 radical (unpaired) electrons. The van der Waals surface area contributed by atoms with Crippen molar-refractivity contribution in [2.45, 2.75) is 19.9 Å². The van der Waals surface area contributed by atoms with E-state index in [1.54, 1.807) is 12.1 Å². The molecule has 0 fully saturated rings. The fourth-order valence-electron chi connectivity index (χ4n) is 2.78. The molecule has 0 spiro atoms. The van der Waals surface area contributed by atoms with E-state index >= 15 is 0 Å². The van der Waals surface area contributed by atoms with E-state index in [4.69, 9.17) is 23.8 Å². The first-order chi connectivity index (χ1) is 11.8. The monoisotopic (exact) mass is 379 g/mol. The number of nitrogens with one attached hydrogen (secondary N) is 2. The number of thiocarbonyl (C=S) groups is 1. The molecule has 0 amide bonds. The maximum absolute atomic E-state index is 14.2. The minimum absolute atomic E-state index is 0.243. The predicted octanol–water partition coefficient (Wildman–Crippen LogP) is 4.69. The van der Waals surface area contributed by atoms with Crippen LogP contribution in [0.25, 0.3) is 0 Å². The highest BCUT2D eigenvalue weighted by Crippen LogP contribution is 2.28. The molecule has 25 heavy (non-hydrogen) atoms. The third kappa shape index (κ3) is 5.39.